The summed E-state index contributed by atoms with van der Waals surface area (Å²) in [6.07, 6.45) is 0. The molecule has 0 bridgehead atoms. The van der Waals surface area contributed by atoms with Crippen LogP contribution in [0.25, 0.3) is 83.1 Å². The minimum absolute atomic E-state index is 0.626. The molecule has 0 radical (unpaired) electrons. The van der Waals surface area contributed by atoms with Crippen LogP contribution in [-0.4, -0.2) is 9.55 Å². The SMILES string of the molecule is c1ccc(-n2c3ccccc3c3cc(-c4ccc(-c5nc6cccc(-c7ccc8ccccc8c7)c6o5)cc4)ccc32)cc1. The summed E-state index contributed by atoms with van der Waals surface area (Å²) in [5.41, 5.74) is 10.7. The number of nitrogens with zero attached hydrogens (tertiary/aromatic N) is 2. The van der Waals surface area contributed by atoms with Gasteiger partial charge in [0.15, 0.2) is 5.58 Å². The molecular formula is C41H26N2O. The first kappa shape index (κ1) is 24.6. The van der Waals surface area contributed by atoms with Crippen molar-refractivity contribution in [2.45, 2.75) is 0 Å². The molecular weight excluding hydrogens is 536 g/mol. The summed E-state index contributed by atoms with van der Waals surface area (Å²) in [4.78, 5) is 4.87. The molecule has 0 saturated heterocycles. The molecule has 7 aromatic carbocycles. The first-order valence-corrected chi connectivity index (χ1v) is 14.9. The number of benzene rings is 7. The van der Waals surface area contributed by atoms with Gasteiger partial charge in [0.2, 0.25) is 5.89 Å². The summed E-state index contributed by atoms with van der Waals surface area (Å²) < 4.78 is 8.78. The standard InChI is InChI=1S/C41H26N2O/c1-2-11-33(12-3-1)43-38-16-7-6-13-35(38)36-26-31(23-24-39(36)43)28-17-20-29(21-18-28)41-42-37-15-8-14-34(40(37)44-41)32-22-19-27-9-4-5-10-30(27)25-32/h1-26H. The molecule has 2 aromatic heterocycles. The predicted octanol–water partition coefficient (Wildman–Crippen LogP) is 11.1. The quantitative estimate of drug-likeness (QED) is 0.214. The molecule has 0 aliphatic heterocycles. The van der Waals surface area contributed by atoms with E-state index in [-0.39, 0.29) is 0 Å². The number of fused-ring (bicyclic) bond motifs is 5. The molecule has 9 rings (SSSR count). The number of para-hydroxylation sites is 3. The Balaban J connectivity index is 1.09. The van der Waals surface area contributed by atoms with Crippen LogP contribution in [0.1, 0.15) is 0 Å². The summed E-state index contributed by atoms with van der Waals surface area (Å²) in [6, 6.07) is 55.6. The Morgan fingerprint density at radius 3 is 2.05 bits per heavy atom. The second-order valence-corrected chi connectivity index (χ2v) is 11.2. The predicted molar refractivity (Wildman–Crippen MR) is 182 cm³/mol. The number of hydrogen-bond donors (Lipinski definition) is 0. The maximum Gasteiger partial charge on any atom is 0.227 e. The highest BCUT2D eigenvalue weighted by molar-refractivity contribution is 6.10. The largest absolute Gasteiger partial charge is 0.435 e. The van der Waals surface area contributed by atoms with Crippen molar-refractivity contribution < 1.29 is 4.42 Å². The van der Waals surface area contributed by atoms with Crippen LogP contribution in [-0.2, 0) is 0 Å². The van der Waals surface area contributed by atoms with E-state index in [1.165, 1.54) is 38.1 Å². The van der Waals surface area contributed by atoms with Crippen LogP contribution < -0.4 is 0 Å². The van der Waals surface area contributed by atoms with Gasteiger partial charge in [-0.3, -0.25) is 0 Å². The maximum absolute atomic E-state index is 6.43. The van der Waals surface area contributed by atoms with Crippen molar-refractivity contribution in [2.75, 3.05) is 0 Å². The van der Waals surface area contributed by atoms with Crippen molar-refractivity contribution in [1.82, 2.24) is 9.55 Å². The number of rotatable bonds is 4. The fourth-order valence-electron chi connectivity index (χ4n) is 6.47. The number of hydrogen-bond acceptors (Lipinski definition) is 2. The molecule has 0 fully saturated rings. The van der Waals surface area contributed by atoms with E-state index in [1.54, 1.807) is 0 Å². The second kappa shape index (κ2) is 9.82. The third-order valence-electron chi connectivity index (χ3n) is 8.63. The Morgan fingerprint density at radius 1 is 0.455 bits per heavy atom. The molecule has 3 heteroatoms. The van der Waals surface area contributed by atoms with Crippen LogP contribution in [0, 0.1) is 0 Å². The normalized spacial score (nSPS) is 11.6. The molecule has 2 heterocycles. The van der Waals surface area contributed by atoms with Gasteiger partial charge in [-0.25, -0.2) is 4.98 Å². The zero-order valence-electron chi connectivity index (χ0n) is 23.8. The van der Waals surface area contributed by atoms with Crippen molar-refractivity contribution in [1.29, 1.82) is 0 Å². The van der Waals surface area contributed by atoms with E-state index in [4.69, 9.17) is 9.40 Å². The summed E-state index contributed by atoms with van der Waals surface area (Å²) in [6.45, 7) is 0. The average molecular weight is 563 g/mol. The Hall–Kier alpha value is -5.93. The van der Waals surface area contributed by atoms with Crippen LogP contribution >= 0.6 is 0 Å². The van der Waals surface area contributed by atoms with Crippen molar-refractivity contribution in [2.24, 2.45) is 0 Å². The van der Waals surface area contributed by atoms with E-state index in [0.717, 1.165) is 39.0 Å². The Morgan fingerprint density at radius 2 is 1.16 bits per heavy atom. The molecule has 44 heavy (non-hydrogen) atoms. The van der Waals surface area contributed by atoms with E-state index in [2.05, 4.69) is 150 Å². The first-order chi connectivity index (χ1) is 21.8. The molecule has 0 N–H and O–H groups in total. The van der Waals surface area contributed by atoms with E-state index < -0.39 is 0 Å². The molecule has 0 aliphatic rings. The molecule has 0 spiro atoms. The zero-order valence-corrected chi connectivity index (χ0v) is 23.8. The van der Waals surface area contributed by atoms with Crippen LogP contribution in [0.2, 0.25) is 0 Å². The van der Waals surface area contributed by atoms with Crippen LogP contribution in [0.3, 0.4) is 0 Å². The van der Waals surface area contributed by atoms with E-state index >= 15 is 0 Å². The Bertz CT molecular complexity index is 2480. The molecule has 0 atom stereocenters. The van der Waals surface area contributed by atoms with Crippen molar-refractivity contribution in [3.8, 4) is 39.4 Å². The molecule has 0 amide bonds. The monoisotopic (exact) mass is 562 g/mol. The fourth-order valence-corrected chi connectivity index (χ4v) is 6.47. The van der Waals surface area contributed by atoms with Crippen molar-refractivity contribution in [3.63, 3.8) is 0 Å². The Labute approximate surface area is 254 Å². The average Bonchev–Trinajstić information content (AvgIpc) is 3.68. The van der Waals surface area contributed by atoms with E-state index in [9.17, 15) is 0 Å². The molecule has 0 unspecified atom stereocenters. The lowest BCUT2D eigenvalue weighted by Crippen LogP contribution is -1.92. The highest BCUT2D eigenvalue weighted by Gasteiger charge is 2.15. The number of aromatic nitrogens is 2. The van der Waals surface area contributed by atoms with E-state index in [1.807, 2.05) is 12.1 Å². The van der Waals surface area contributed by atoms with Gasteiger partial charge in [0.1, 0.15) is 5.52 Å². The summed E-state index contributed by atoms with van der Waals surface area (Å²) in [5, 5.41) is 4.92. The molecule has 206 valence electrons. The van der Waals surface area contributed by atoms with Crippen molar-refractivity contribution in [3.05, 3.63) is 158 Å². The third kappa shape index (κ3) is 3.94. The zero-order chi connectivity index (χ0) is 29.0. The minimum atomic E-state index is 0.626. The number of oxazole rings is 1. The topological polar surface area (TPSA) is 31.0 Å². The van der Waals surface area contributed by atoms with E-state index in [0.29, 0.717) is 5.89 Å². The first-order valence-electron chi connectivity index (χ1n) is 14.9. The van der Waals surface area contributed by atoms with Gasteiger partial charge in [-0.15, -0.1) is 0 Å². The lowest BCUT2D eigenvalue weighted by Gasteiger charge is -2.08. The van der Waals surface area contributed by atoms with Gasteiger partial charge in [-0.05, 0) is 82.1 Å². The maximum atomic E-state index is 6.43. The summed E-state index contributed by atoms with van der Waals surface area (Å²) in [5.74, 6) is 0.626. The van der Waals surface area contributed by atoms with Crippen LogP contribution in [0.5, 0.6) is 0 Å². The smallest absolute Gasteiger partial charge is 0.227 e. The fraction of sp³-hybridized carbons (Fsp3) is 0. The molecule has 9 aromatic rings. The summed E-state index contributed by atoms with van der Waals surface area (Å²) >= 11 is 0. The molecule has 0 aliphatic carbocycles. The van der Waals surface area contributed by atoms with Crippen LogP contribution in [0.15, 0.2) is 162 Å². The lowest BCUT2D eigenvalue weighted by molar-refractivity contribution is 0.621. The lowest BCUT2D eigenvalue weighted by atomic mass is 10.0. The Kier molecular flexibility index (Phi) is 5.50. The van der Waals surface area contributed by atoms with Gasteiger partial charge in [0, 0.05) is 27.6 Å². The summed E-state index contributed by atoms with van der Waals surface area (Å²) in [7, 11) is 0. The van der Waals surface area contributed by atoms with Gasteiger partial charge in [0.25, 0.3) is 0 Å². The van der Waals surface area contributed by atoms with Gasteiger partial charge < -0.3 is 8.98 Å². The van der Waals surface area contributed by atoms with Gasteiger partial charge in [0.05, 0.1) is 11.0 Å². The highest BCUT2D eigenvalue weighted by Crippen LogP contribution is 2.37. The minimum Gasteiger partial charge on any atom is -0.435 e. The van der Waals surface area contributed by atoms with Crippen molar-refractivity contribution >= 4 is 43.7 Å². The highest BCUT2D eigenvalue weighted by atomic mass is 16.3. The van der Waals surface area contributed by atoms with Gasteiger partial charge in [-0.2, -0.15) is 0 Å². The molecule has 3 nitrogen and oxygen atoms in total. The second-order valence-electron chi connectivity index (χ2n) is 11.2. The third-order valence-corrected chi connectivity index (χ3v) is 8.63. The van der Waals surface area contributed by atoms with Crippen LogP contribution in [0.4, 0.5) is 0 Å². The van der Waals surface area contributed by atoms with Gasteiger partial charge in [-0.1, -0.05) is 103 Å². The van der Waals surface area contributed by atoms with Gasteiger partial charge >= 0.3 is 0 Å². The molecule has 0 saturated carbocycles.